The van der Waals surface area contributed by atoms with Crippen LogP contribution >= 0.6 is 22.7 Å². The molecule has 0 fully saturated rings. The van der Waals surface area contributed by atoms with E-state index in [4.69, 9.17) is 9.47 Å². The Balaban J connectivity index is 1.65. The van der Waals surface area contributed by atoms with Crippen molar-refractivity contribution in [3.63, 3.8) is 0 Å². The molecule has 5 nitrogen and oxygen atoms in total. The number of hydrogen-bond acceptors (Lipinski definition) is 6. The van der Waals surface area contributed by atoms with E-state index in [-0.39, 0.29) is 5.91 Å². The SMILES string of the molecule is COc1ccc(C(=O)NCc2ccc(C(O)c3cccs3)s2)c(OC)c1. The van der Waals surface area contributed by atoms with Gasteiger partial charge in [-0.25, -0.2) is 0 Å². The van der Waals surface area contributed by atoms with Crippen LogP contribution in [0.4, 0.5) is 0 Å². The Labute approximate surface area is 159 Å². The van der Waals surface area contributed by atoms with Gasteiger partial charge in [-0.15, -0.1) is 22.7 Å². The van der Waals surface area contributed by atoms with Crippen molar-refractivity contribution in [3.05, 3.63) is 68.0 Å². The summed E-state index contributed by atoms with van der Waals surface area (Å²) in [5.41, 5.74) is 0.448. The molecule has 0 saturated heterocycles. The molecular weight excluding hydrogens is 370 g/mol. The van der Waals surface area contributed by atoms with Gasteiger partial charge in [-0.1, -0.05) is 6.07 Å². The molecule has 3 rings (SSSR count). The predicted octanol–water partition coefficient (Wildman–Crippen LogP) is 3.84. The number of thiophene rings is 2. The van der Waals surface area contributed by atoms with E-state index in [0.29, 0.717) is 23.6 Å². The fourth-order valence-electron chi connectivity index (χ4n) is 2.47. The molecule has 3 aromatic rings. The van der Waals surface area contributed by atoms with Crippen LogP contribution in [0.15, 0.2) is 47.8 Å². The summed E-state index contributed by atoms with van der Waals surface area (Å²) >= 11 is 3.00. The smallest absolute Gasteiger partial charge is 0.255 e. The molecule has 0 radical (unpaired) electrons. The quantitative estimate of drug-likeness (QED) is 0.644. The van der Waals surface area contributed by atoms with Crippen LogP contribution in [0.25, 0.3) is 0 Å². The van der Waals surface area contributed by atoms with E-state index in [0.717, 1.165) is 14.6 Å². The molecule has 1 unspecified atom stereocenters. The molecule has 7 heteroatoms. The summed E-state index contributed by atoms with van der Waals surface area (Å²) in [4.78, 5) is 15.2. The number of nitrogens with one attached hydrogen (secondary N) is 1. The summed E-state index contributed by atoms with van der Waals surface area (Å²) in [6.07, 6.45) is -0.619. The average molecular weight is 389 g/mol. The number of aliphatic hydroxyl groups is 1. The van der Waals surface area contributed by atoms with Gasteiger partial charge in [-0.2, -0.15) is 0 Å². The first kappa shape index (κ1) is 18.4. The van der Waals surface area contributed by atoms with Gasteiger partial charge in [0.2, 0.25) is 0 Å². The second kappa shape index (κ2) is 8.35. The van der Waals surface area contributed by atoms with Crippen LogP contribution in [-0.4, -0.2) is 25.2 Å². The zero-order valence-electron chi connectivity index (χ0n) is 14.4. The fraction of sp³-hybridized carbons (Fsp3) is 0.211. The number of amides is 1. The summed E-state index contributed by atoms with van der Waals surface area (Å²) in [6.45, 7) is 0.385. The van der Waals surface area contributed by atoms with E-state index < -0.39 is 6.10 Å². The van der Waals surface area contributed by atoms with Crippen molar-refractivity contribution >= 4 is 28.6 Å². The molecular formula is C19H19NO4S2. The number of benzene rings is 1. The summed E-state index contributed by atoms with van der Waals surface area (Å²) in [6, 6.07) is 12.7. The van der Waals surface area contributed by atoms with E-state index >= 15 is 0 Å². The zero-order chi connectivity index (χ0) is 18.5. The van der Waals surface area contributed by atoms with Gasteiger partial charge < -0.3 is 19.9 Å². The Morgan fingerprint density at radius 3 is 2.69 bits per heavy atom. The third-order valence-electron chi connectivity index (χ3n) is 3.84. The molecule has 0 bridgehead atoms. The van der Waals surface area contributed by atoms with Gasteiger partial charge in [0.15, 0.2) is 0 Å². The highest BCUT2D eigenvalue weighted by Crippen LogP contribution is 2.31. The maximum Gasteiger partial charge on any atom is 0.255 e. The maximum absolute atomic E-state index is 12.4. The molecule has 2 N–H and O–H groups in total. The molecule has 1 atom stereocenters. The highest BCUT2D eigenvalue weighted by Gasteiger charge is 2.16. The second-order valence-corrected chi connectivity index (χ2v) is 7.65. The van der Waals surface area contributed by atoms with Crippen molar-refractivity contribution < 1.29 is 19.4 Å². The molecule has 0 aliphatic heterocycles. The van der Waals surface area contributed by atoms with E-state index in [2.05, 4.69) is 5.32 Å². The first-order valence-corrected chi connectivity index (χ1v) is 9.62. The van der Waals surface area contributed by atoms with Gasteiger partial charge in [0.1, 0.15) is 17.6 Å². The molecule has 136 valence electrons. The number of aliphatic hydroxyl groups excluding tert-OH is 1. The summed E-state index contributed by atoms with van der Waals surface area (Å²) in [5.74, 6) is 0.865. The summed E-state index contributed by atoms with van der Waals surface area (Å²) in [7, 11) is 3.08. The third-order valence-corrected chi connectivity index (χ3v) is 5.90. The average Bonchev–Trinajstić information content (AvgIpc) is 3.37. The van der Waals surface area contributed by atoms with Crippen LogP contribution in [0, 0.1) is 0 Å². The summed E-state index contributed by atoms with van der Waals surface area (Å²) < 4.78 is 10.4. The second-order valence-electron chi connectivity index (χ2n) is 5.47. The third kappa shape index (κ3) is 4.07. The number of carbonyl (C=O) groups excluding carboxylic acids is 1. The van der Waals surface area contributed by atoms with Gasteiger partial charge in [0.05, 0.1) is 26.3 Å². The lowest BCUT2D eigenvalue weighted by atomic mass is 10.1. The van der Waals surface area contributed by atoms with E-state index in [1.807, 2.05) is 29.6 Å². The zero-order valence-corrected chi connectivity index (χ0v) is 16.0. The lowest BCUT2D eigenvalue weighted by Gasteiger charge is -2.10. The van der Waals surface area contributed by atoms with Gasteiger partial charge in [-0.05, 0) is 35.7 Å². The number of ether oxygens (including phenoxy) is 2. The molecule has 0 spiro atoms. The first-order valence-electron chi connectivity index (χ1n) is 7.92. The Hall–Kier alpha value is -2.35. The highest BCUT2D eigenvalue weighted by molar-refractivity contribution is 7.12. The molecule has 0 aliphatic rings. The molecule has 0 saturated carbocycles. The minimum Gasteiger partial charge on any atom is -0.497 e. The van der Waals surface area contributed by atoms with Crippen LogP contribution in [0.5, 0.6) is 11.5 Å². The van der Waals surface area contributed by atoms with Gasteiger partial charge in [-0.3, -0.25) is 4.79 Å². The fourth-order valence-corrected chi connectivity index (χ4v) is 4.23. The van der Waals surface area contributed by atoms with Crippen molar-refractivity contribution in [2.45, 2.75) is 12.6 Å². The standard InChI is InChI=1S/C19H19NO4S2/c1-23-12-5-7-14(15(10-12)24-2)19(22)20-11-13-6-8-17(26-13)18(21)16-4-3-9-25-16/h3-10,18,21H,11H2,1-2H3,(H,20,22). The predicted molar refractivity (Wildman–Crippen MR) is 103 cm³/mol. The largest absolute Gasteiger partial charge is 0.497 e. The number of hydrogen-bond donors (Lipinski definition) is 2. The van der Waals surface area contributed by atoms with Crippen LogP contribution in [-0.2, 0) is 6.54 Å². The van der Waals surface area contributed by atoms with Crippen LogP contribution < -0.4 is 14.8 Å². The van der Waals surface area contributed by atoms with Gasteiger partial charge in [0.25, 0.3) is 5.91 Å². The Kier molecular flexibility index (Phi) is 5.92. The minimum absolute atomic E-state index is 0.224. The molecule has 26 heavy (non-hydrogen) atoms. The Morgan fingerprint density at radius 2 is 2.00 bits per heavy atom. The van der Waals surface area contributed by atoms with Crippen molar-refractivity contribution in [2.75, 3.05) is 14.2 Å². The highest BCUT2D eigenvalue weighted by atomic mass is 32.1. The van der Waals surface area contributed by atoms with Crippen molar-refractivity contribution in [3.8, 4) is 11.5 Å². The van der Waals surface area contributed by atoms with Crippen LogP contribution in [0.3, 0.4) is 0 Å². The van der Waals surface area contributed by atoms with Crippen molar-refractivity contribution in [2.24, 2.45) is 0 Å². The van der Waals surface area contributed by atoms with Crippen molar-refractivity contribution in [1.29, 1.82) is 0 Å². The molecule has 0 aliphatic carbocycles. The molecule has 2 aromatic heterocycles. The van der Waals surface area contributed by atoms with Gasteiger partial charge >= 0.3 is 0 Å². The summed E-state index contributed by atoms with van der Waals surface area (Å²) in [5, 5.41) is 15.2. The van der Waals surface area contributed by atoms with Crippen molar-refractivity contribution in [1.82, 2.24) is 5.32 Å². The molecule has 1 aromatic carbocycles. The number of methoxy groups -OCH3 is 2. The molecule has 2 heterocycles. The maximum atomic E-state index is 12.4. The van der Waals surface area contributed by atoms with E-state index in [1.165, 1.54) is 29.8 Å². The normalized spacial score (nSPS) is 11.8. The lowest BCUT2D eigenvalue weighted by Crippen LogP contribution is -2.22. The topological polar surface area (TPSA) is 67.8 Å². The van der Waals surface area contributed by atoms with E-state index in [1.54, 1.807) is 25.3 Å². The molecule has 1 amide bonds. The number of rotatable bonds is 7. The van der Waals surface area contributed by atoms with Crippen LogP contribution in [0.2, 0.25) is 0 Å². The Bertz CT molecular complexity index is 874. The minimum atomic E-state index is -0.619. The number of carbonyl (C=O) groups is 1. The first-order chi connectivity index (χ1) is 12.6. The lowest BCUT2D eigenvalue weighted by molar-refractivity contribution is 0.0948. The Morgan fingerprint density at radius 1 is 1.15 bits per heavy atom. The van der Waals surface area contributed by atoms with Gasteiger partial charge in [0, 0.05) is 20.7 Å². The monoisotopic (exact) mass is 389 g/mol. The van der Waals surface area contributed by atoms with E-state index in [9.17, 15) is 9.90 Å². The van der Waals surface area contributed by atoms with Crippen LogP contribution in [0.1, 0.15) is 31.1 Å².